The highest BCUT2D eigenvalue weighted by atomic mass is 32.1. The van der Waals surface area contributed by atoms with E-state index in [9.17, 15) is 4.79 Å². The van der Waals surface area contributed by atoms with Gasteiger partial charge in [0.25, 0.3) is 5.91 Å². The third kappa shape index (κ3) is 4.13. The average Bonchev–Trinajstić information content (AvgIpc) is 3.13. The van der Waals surface area contributed by atoms with Gasteiger partial charge in [0.15, 0.2) is 0 Å². The Kier molecular flexibility index (Phi) is 5.82. The van der Waals surface area contributed by atoms with E-state index in [1.807, 2.05) is 29.6 Å². The molecule has 0 aliphatic carbocycles. The number of carbonyl (C=O) groups excluding carboxylic acids is 1. The fourth-order valence-corrected chi connectivity index (χ4v) is 3.93. The molecule has 2 aromatic rings. The lowest BCUT2D eigenvalue weighted by Crippen LogP contribution is -2.27. The van der Waals surface area contributed by atoms with Gasteiger partial charge in [-0.2, -0.15) is 0 Å². The van der Waals surface area contributed by atoms with Gasteiger partial charge in [0, 0.05) is 17.8 Å². The van der Waals surface area contributed by atoms with Crippen LogP contribution in [0.1, 0.15) is 39.8 Å². The molecule has 6 heteroatoms. The molecule has 2 heterocycles. The van der Waals surface area contributed by atoms with Crippen molar-refractivity contribution in [2.75, 3.05) is 26.7 Å². The Morgan fingerprint density at radius 1 is 1.38 bits per heavy atom. The van der Waals surface area contributed by atoms with Gasteiger partial charge in [-0.1, -0.05) is 18.2 Å². The first-order valence-electron chi connectivity index (χ1n) is 8.34. The lowest BCUT2D eigenvalue weighted by molar-refractivity contribution is 0.0949. The minimum atomic E-state index is -0.0960. The molecule has 2 N–H and O–H groups in total. The second-order valence-electron chi connectivity index (χ2n) is 5.91. The number of piperidine rings is 1. The number of nitrogens with zero attached hydrogens (tertiary/aromatic N) is 1. The second kappa shape index (κ2) is 8.26. The van der Waals surface area contributed by atoms with E-state index in [4.69, 9.17) is 4.74 Å². The van der Waals surface area contributed by atoms with Gasteiger partial charge in [0.05, 0.1) is 12.1 Å². The molecule has 0 saturated carbocycles. The van der Waals surface area contributed by atoms with Gasteiger partial charge in [-0.25, -0.2) is 4.98 Å². The highest BCUT2D eigenvalue weighted by molar-refractivity contribution is 7.09. The van der Waals surface area contributed by atoms with E-state index in [1.54, 1.807) is 18.4 Å². The number of para-hydroxylation sites is 1. The van der Waals surface area contributed by atoms with E-state index in [-0.39, 0.29) is 5.91 Å². The number of ether oxygens (including phenoxy) is 1. The fourth-order valence-electron chi connectivity index (χ4n) is 2.96. The van der Waals surface area contributed by atoms with Gasteiger partial charge in [-0.3, -0.25) is 4.79 Å². The molecule has 0 unspecified atom stereocenters. The van der Waals surface area contributed by atoms with E-state index in [2.05, 4.69) is 15.6 Å². The smallest absolute Gasteiger partial charge is 0.270 e. The summed E-state index contributed by atoms with van der Waals surface area (Å²) in [6, 6.07) is 7.87. The van der Waals surface area contributed by atoms with E-state index in [1.165, 1.54) is 0 Å². The van der Waals surface area contributed by atoms with Crippen molar-refractivity contribution < 1.29 is 9.53 Å². The molecule has 0 atom stereocenters. The van der Waals surface area contributed by atoms with Crippen molar-refractivity contribution in [1.29, 1.82) is 0 Å². The second-order valence-corrected chi connectivity index (χ2v) is 6.80. The molecule has 1 aliphatic heterocycles. The first-order valence-corrected chi connectivity index (χ1v) is 9.22. The number of nitrogens with one attached hydrogen (secondary N) is 2. The van der Waals surface area contributed by atoms with E-state index in [0.717, 1.165) is 48.7 Å². The Labute approximate surface area is 146 Å². The van der Waals surface area contributed by atoms with Crippen LogP contribution in [0.4, 0.5) is 0 Å². The van der Waals surface area contributed by atoms with Gasteiger partial charge >= 0.3 is 0 Å². The van der Waals surface area contributed by atoms with Crippen LogP contribution in [0.2, 0.25) is 0 Å². The topological polar surface area (TPSA) is 63.2 Å². The zero-order valence-electron chi connectivity index (χ0n) is 13.9. The molecule has 0 bridgehead atoms. The van der Waals surface area contributed by atoms with Crippen LogP contribution in [0.5, 0.6) is 5.75 Å². The molecule has 1 aliphatic rings. The number of benzene rings is 1. The maximum absolute atomic E-state index is 12.3. The van der Waals surface area contributed by atoms with Crippen LogP contribution < -0.4 is 15.4 Å². The van der Waals surface area contributed by atoms with Gasteiger partial charge in [-0.05, 0) is 44.0 Å². The first-order chi connectivity index (χ1) is 11.8. The largest absolute Gasteiger partial charge is 0.496 e. The highest BCUT2D eigenvalue weighted by Gasteiger charge is 2.20. The summed E-state index contributed by atoms with van der Waals surface area (Å²) in [4.78, 5) is 16.8. The van der Waals surface area contributed by atoms with Crippen LogP contribution >= 0.6 is 11.3 Å². The van der Waals surface area contributed by atoms with Crippen molar-refractivity contribution >= 4 is 17.2 Å². The number of rotatable bonds is 6. The lowest BCUT2D eigenvalue weighted by atomic mass is 9.99. The van der Waals surface area contributed by atoms with Crippen LogP contribution in [-0.4, -0.2) is 37.6 Å². The average molecular weight is 345 g/mol. The van der Waals surface area contributed by atoms with Crippen LogP contribution in [0.3, 0.4) is 0 Å². The van der Waals surface area contributed by atoms with Crippen molar-refractivity contribution in [3.8, 4) is 5.75 Å². The lowest BCUT2D eigenvalue weighted by Gasteiger charge is -2.20. The van der Waals surface area contributed by atoms with Crippen LogP contribution in [-0.2, 0) is 6.42 Å². The number of carbonyl (C=O) groups is 1. The van der Waals surface area contributed by atoms with Crippen LogP contribution in [0, 0.1) is 0 Å². The van der Waals surface area contributed by atoms with Crippen LogP contribution in [0.15, 0.2) is 29.6 Å². The van der Waals surface area contributed by atoms with Gasteiger partial charge < -0.3 is 15.4 Å². The summed E-state index contributed by atoms with van der Waals surface area (Å²) in [7, 11) is 1.66. The molecular formula is C18H23N3O2S. The monoisotopic (exact) mass is 345 g/mol. The maximum atomic E-state index is 12.3. The third-order valence-electron chi connectivity index (χ3n) is 4.32. The number of aromatic nitrogens is 1. The molecule has 5 nitrogen and oxygen atoms in total. The summed E-state index contributed by atoms with van der Waals surface area (Å²) in [5.41, 5.74) is 1.63. The van der Waals surface area contributed by atoms with E-state index in [0.29, 0.717) is 18.2 Å². The van der Waals surface area contributed by atoms with Crippen molar-refractivity contribution in [2.24, 2.45) is 0 Å². The van der Waals surface area contributed by atoms with Crippen LogP contribution in [0.25, 0.3) is 0 Å². The summed E-state index contributed by atoms with van der Waals surface area (Å²) in [6.07, 6.45) is 2.94. The normalized spacial score (nSPS) is 15.2. The molecule has 1 aromatic heterocycles. The maximum Gasteiger partial charge on any atom is 0.270 e. The van der Waals surface area contributed by atoms with Crippen molar-refractivity contribution in [3.05, 3.63) is 45.9 Å². The first kappa shape index (κ1) is 16.9. The number of amides is 1. The quantitative estimate of drug-likeness (QED) is 0.845. The Hall–Kier alpha value is -1.92. The molecule has 1 amide bonds. The zero-order chi connectivity index (χ0) is 16.8. The standard InChI is InChI=1S/C18H23N3O2S/c1-23-16-5-3-2-4-13(16)8-11-20-17(22)15-12-24-18(21-15)14-6-9-19-10-7-14/h2-5,12,14,19H,6-11H2,1H3,(H,20,22). The molecule has 24 heavy (non-hydrogen) atoms. The molecule has 1 fully saturated rings. The number of thiazole rings is 1. The fraction of sp³-hybridized carbons (Fsp3) is 0.444. The summed E-state index contributed by atoms with van der Waals surface area (Å²) in [6.45, 7) is 2.63. The summed E-state index contributed by atoms with van der Waals surface area (Å²) < 4.78 is 5.33. The molecule has 1 aromatic carbocycles. The predicted octanol–water partition coefficient (Wildman–Crippen LogP) is 2.59. The van der Waals surface area contributed by atoms with Gasteiger partial charge in [-0.15, -0.1) is 11.3 Å². The Balaban J connectivity index is 1.52. The molecule has 3 rings (SSSR count). The summed E-state index contributed by atoms with van der Waals surface area (Å²) in [5.74, 6) is 1.25. The summed E-state index contributed by atoms with van der Waals surface area (Å²) >= 11 is 1.60. The SMILES string of the molecule is COc1ccccc1CCNC(=O)c1csc(C2CCNCC2)n1. The zero-order valence-corrected chi connectivity index (χ0v) is 14.7. The third-order valence-corrected chi connectivity index (χ3v) is 5.32. The van der Waals surface area contributed by atoms with Crippen molar-refractivity contribution in [1.82, 2.24) is 15.6 Å². The number of hydrogen-bond donors (Lipinski definition) is 2. The Morgan fingerprint density at radius 3 is 2.96 bits per heavy atom. The summed E-state index contributed by atoms with van der Waals surface area (Å²) in [5, 5.41) is 9.27. The Bertz CT molecular complexity index is 680. The minimum absolute atomic E-state index is 0.0960. The molecule has 1 saturated heterocycles. The molecule has 0 radical (unpaired) electrons. The van der Waals surface area contributed by atoms with Crippen molar-refractivity contribution in [2.45, 2.75) is 25.2 Å². The van der Waals surface area contributed by atoms with Gasteiger partial charge in [0.2, 0.25) is 0 Å². The van der Waals surface area contributed by atoms with E-state index >= 15 is 0 Å². The minimum Gasteiger partial charge on any atom is -0.496 e. The Morgan fingerprint density at radius 2 is 2.17 bits per heavy atom. The highest BCUT2D eigenvalue weighted by Crippen LogP contribution is 2.27. The molecule has 128 valence electrons. The molecular weight excluding hydrogens is 322 g/mol. The number of methoxy groups -OCH3 is 1. The van der Waals surface area contributed by atoms with E-state index < -0.39 is 0 Å². The predicted molar refractivity (Wildman–Crippen MR) is 96.0 cm³/mol. The van der Waals surface area contributed by atoms with Crippen molar-refractivity contribution in [3.63, 3.8) is 0 Å². The van der Waals surface area contributed by atoms with Gasteiger partial charge in [0.1, 0.15) is 11.4 Å². The molecule has 0 spiro atoms. The number of hydrogen-bond acceptors (Lipinski definition) is 5.